The number of aromatic nitrogens is 2. The van der Waals surface area contributed by atoms with Crippen LogP contribution in [0, 0.1) is 0 Å². The first-order valence-electron chi connectivity index (χ1n) is 9.70. The predicted molar refractivity (Wildman–Crippen MR) is 105 cm³/mol. The van der Waals surface area contributed by atoms with Gasteiger partial charge in [-0.2, -0.15) is 18.3 Å². The number of carbonyl (C=O) groups is 2. The molecular weight excluding hydrogens is 399 g/mol. The summed E-state index contributed by atoms with van der Waals surface area (Å²) < 4.78 is 41.7. The molecule has 0 aliphatic carbocycles. The minimum absolute atomic E-state index is 0.0357. The van der Waals surface area contributed by atoms with E-state index in [1.54, 1.807) is 23.1 Å². The number of amides is 2. The van der Waals surface area contributed by atoms with Crippen molar-refractivity contribution in [3.63, 3.8) is 0 Å². The lowest BCUT2D eigenvalue weighted by molar-refractivity contribution is -0.137. The Hall–Kier alpha value is -2.88. The van der Waals surface area contributed by atoms with Gasteiger partial charge in [0.25, 0.3) is 5.91 Å². The molecule has 0 saturated carbocycles. The predicted octanol–water partition coefficient (Wildman–Crippen LogP) is 2.71. The van der Waals surface area contributed by atoms with E-state index < -0.39 is 23.6 Å². The lowest BCUT2D eigenvalue weighted by Gasteiger charge is -2.32. The van der Waals surface area contributed by atoms with Crippen molar-refractivity contribution in [1.29, 1.82) is 0 Å². The second kappa shape index (κ2) is 9.29. The Labute approximate surface area is 172 Å². The molecule has 1 N–H and O–H groups in total. The fourth-order valence-corrected chi connectivity index (χ4v) is 3.24. The maximum atomic E-state index is 13.3. The number of hydrogen-bond acceptors (Lipinski definition) is 4. The van der Waals surface area contributed by atoms with Gasteiger partial charge in [0.05, 0.1) is 5.56 Å². The number of carbonyl (C=O) groups excluding carboxylic acids is 2. The summed E-state index contributed by atoms with van der Waals surface area (Å²) in [6.45, 7) is 2.73. The molecule has 0 bridgehead atoms. The van der Waals surface area contributed by atoms with Crippen LogP contribution < -0.4 is 5.32 Å². The average Bonchev–Trinajstić information content (AvgIpc) is 3.20. The maximum Gasteiger partial charge on any atom is 0.416 e. The summed E-state index contributed by atoms with van der Waals surface area (Å²) in [5, 5.41) is 6.52. The van der Waals surface area contributed by atoms with E-state index >= 15 is 0 Å². The molecule has 0 radical (unpaired) electrons. The zero-order chi connectivity index (χ0) is 21.7. The Kier molecular flexibility index (Phi) is 6.76. The summed E-state index contributed by atoms with van der Waals surface area (Å²) in [6.07, 6.45) is -0.627. The number of anilines is 1. The van der Waals surface area contributed by atoms with Crippen molar-refractivity contribution in [2.45, 2.75) is 25.6 Å². The first-order valence-corrected chi connectivity index (χ1v) is 9.70. The van der Waals surface area contributed by atoms with Crippen molar-refractivity contribution >= 4 is 17.5 Å². The number of nitrogens with zero attached hydrogens (tertiary/aromatic N) is 4. The first kappa shape index (κ1) is 21.8. The molecular formula is C20H24F3N5O2. The summed E-state index contributed by atoms with van der Waals surface area (Å²) in [5.74, 6) is -0.886. The number of halogens is 3. The molecule has 1 fully saturated rings. The van der Waals surface area contributed by atoms with Crippen LogP contribution in [0.5, 0.6) is 0 Å². The third-order valence-electron chi connectivity index (χ3n) is 4.93. The molecule has 2 aromatic rings. The van der Waals surface area contributed by atoms with E-state index in [2.05, 4.69) is 10.4 Å². The van der Waals surface area contributed by atoms with Gasteiger partial charge in [0, 0.05) is 62.8 Å². The highest BCUT2D eigenvalue weighted by molar-refractivity contribution is 5.97. The van der Waals surface area contributed by atoms with Crippen molar-refractivity contribution in [2.24, 2.45) is 0 Å². The quantitative estimate of drug-likeness (QED) is 0.776. The van der Waals surface area contributed by atoms with E-state index in [4.69, 9.17) is 0 Å². The van der Waals surface area contributed by atoms with Gasteiger partial charge in [-0.1, -0.05) is 0 Å². The number of rotatable bonds is 6. The molecule has 1 aliphatic rings. The molecule has 10 heteroatoms. The van der Waals surface area contributed by atoms with Gasteiger partial charge in [0.2, 0.25) is 5.91 Å². The largest absolute Gasteiger partial charge is 0.416 e. The summed E-state index contributed by atoms with van der Waals surface area (Å²) in [4.78, 5) is 28.5. The van der Waals surface area contributed by atoms with Gasteiger partial charge in [-0.3, -0.25) is 14.3 Å². The molecule has 1 aromatic carbocycles. The van der Waals surface area contributed by atoms with Crippen LogP contribution in [-0.4, -0.2) is 64.6 Å². The Balaban J connectivity index is 1.70. The second-order valence-electron chi connectivity index (χ2n) is 7.31. The Bertz CT molecular complexity index is 875. The lowest BCUT2D eigenvalue weighted by Crippen LogP contribution is -2.47. The summed E-state index contributed by atoms with van der Waals surface area (Å²) in [7, 11) is 1.92. The van der Waals surface area contributed by atoms with Crippen molar-refractivity contribution in [1.82, 2.24) is 19.6 Å². The standard InChI is InChI=1S/C20H24F3N5O2/c1-26-8-10-27(11-9-26)19(30)15-12-16(20(21,22)23)14-17(13-15)25-18(29)4-2-6-28-7-3-5-24-28/h3,5,7,12-14H,2,4,6,8-11H2,1H3,(H,25,29). The molecule has 1 aromatic heterocycles. The van der Waals surface area contributed by atoms with Gasteiger partial charge in [-0.25, -0.2) is 0 Å². The fraction of sp³-hybridized carbons (Fsp3) is 0.450. The monoisotopic (exact) mass is 423 g/mol. The number of hydrogen-bond donors (Lipinski definition) is 1. The Morgan fingerprint density at radius 1 is 1.13 bits per heavy atom. The van der Waals surface area contributed by atoms with Crippen LogP contribution in [0.1, 0.15) is 28.8 Å². The van der Waals surface area contributed by atoms with Gasteiger partial charge >= 0.3 is 6.18 Å². The van der Waals surface area contributed by atoms with E-state index in [9.17, 15) is 22.8 Å². The zero-order valence-electron chi connectivity index (χ0n) is 16.7. The normalized spacial score (nSPS) is 15.3. The van der Waals surface area contributed by atoms with Crippen molar-refractivity contribution in [2.75, 3.05) is 38.5 Å². The van der Waals surface area contributed by atoms with Crippen LogP contribution in [0.15, 0.2) is 36.7 Å². The second-order valence-corrected chi connectivity index (χ2v) is 7.31. The molecule has 2 amide bonds. The molecule has 30 heavy (non-hydrogen) atoms. The molecule has 1 aliphatic heterocycles. The van der Waals surface area contributed by atoms with Crippen LogP contribution in [0.2, 0.25) is 0 Å². The molecule has 162 valence electrons. The Morgan fingerprint density at radius 2 is 1.87 bits per heavy atom. The molecule has 7 nitrogen and oxygen atoms in total. The third-order valence-corrected chi connectivity index (χ3v) is 4.93. The van der Waals surface area contributed by atoms with Crippen molar-refractivity contribution < 1.29 is 22.8 Å². The smallest absolute Gasteiger partial charge is 0.336 e. The van der Waals surface area contributed by atoms with Gasteiger partial charge in [0.1, 0.15) is 0 Å². The molecule has 0 unspecified atom stereocenters. The number of nitrogens with one attached hydrogen (secondary N) is 1. The lowest BCUT2D eigenvalue weighted by atomic mass is 10.1. The number of piperazine rings is 1. The highest BCUT2D eigenvalue weighted by Gasteiger charge is 2.32. The van der Waals surface area contributed by atoms with Crippen LogP contribution in [0.4, 0.5) is 18.9 Å². The minimum atomic E-state index is -4.63. The summed E-state index contributed by atoms with van der Waals surface area (Å²) >= 11 is 0. The van der Waals surface area contributed by atoms with E-state index in [0.29, 0.717) is 39.1 Å². The number of likely N-dealkylation sites (N-methyl/N-ethyl adjacent to an activating group) is 1. The molecule has 0 spiro atoms. The van der Waals surface area contributed by atoms with Crippen LogP contribution >= 0.6 is 0 Å². The SMILES string of the molecule is CN1CCN(C(=O)c2cc(NC(=O)CCCn3cccn3)cc(C(F)(F)F)c2)CC1. The van der Waals surface area contributed by atoms with E-state index in [1.807, 2.05) is 11.9 Å². The average molecular weight is 423 g/mol. The van der Waals surface area contributed by atoms with Gasteiger partial charge in [-0.05, 0) is 37.7 Å². The minimum Gasteiger partial charge on any atom is -0.336 e. The van der Waals surface area contributed by atoms with Crippen LogP contribution in [0.25, 0.3) is 0 Å². The highest BCUT2D eigenvalue weighted by atomic mass is 19.4. The van der Waals surface area contributed by atoms with Gasteiger partial charge < -0.3 is 15.1 Å². The molecule has 3 rings (SSSR count). The maximum absolute atomic E-state index is 13.3. The van der Waals surface area contributed by atoms with Gasteiger partial charge in [-0.15, -0.1) is 0 Å². The first-order chi connectivity index (χ1) is 14.2. The van der Waals surface area contributed by atoms with E-state index in [1.165, 1.54) is 11.0 Å². The molecule has 1 saturated heterocycles. The van der Waals surface area contributed by atoms with Crippen molar-refractivity contribution in [3.8, 4) is 0 Å². The Morgan fingerprint density at radius 3 is 2.50 bits per heavy atom. The summed E-state index contributed by atoms with van der Waals surface area (Å²) in [5.41, 5.74) is -1.08. The van der Waals surface area contributed by atoms with Gasteiger partial charge in [0.15, 0.2) is 0 Å². The molecule has 2 heterocycles. The topological polar surface area (TPSA) is 70.5 Å². The third kappa shape index (κ3) is 5.82. The van der Waals surface area contributed by atoms with E-state index in [-0.39, 0.29) is 17.7 Å². The van der Waals surface area contributed by atoms with Crippen LogP contribution in [0.3, 0.4) is 0 Å². The van der Waals surface area contributed by atoms with E-state index in [0.717, 1.165) is 12.1 Å². The number of aryl methyl sites for hydroxylation is 1. The number of alkyl halides is 3. The summed E-state index contributed by atoms with van der Waals surface area (Å²) in [6, 6.07) is 4.77. The fourth-order valence-electron chi connectivity index (χ4n) is 3.24. The molecule has 0 atom stereocenters. The highest BCUT2D eigenvalue weighted by Crippen LogP contribution is 2.32. The van der Waals surface area contributed by atoms with Crippen molar-refractivity contribution in [3.05, 3.63) is 47.8 Å². The van der Waals surface area contributed by atoms with Crippen LogP contribution in [-0.2, 0) is 17.5 Å². The zero-order valence-corrected chi connectivity index (χ0v) is 16.7. The number of benzene rings is 1.